The molecule has 1 aromatic heterocycles. The summed E-state index contributed by atoms with van der Waals surface area (Å²) in [6, 6.07) is 9.00. The van der Waals surface area contributed by atoms with Crippen LogP contribution in [0.25, 0.3) is 0 Å². The molecule has 2 atom stereocenters. The number of aliphatic carboxylic acids is 1. The van der Waals surface area contributed by atoms with E-state index in [1.54, 1.807) is 31.3 Å². The Morgan fingerprint density at radius 1 is 1.38 bits per heavy atom. The number of carboxylic acids is 1. The monoisotopic (exact) mass is 460 g/mol. The lowest BCUT2D eigenvalue weighted by atomic mass is 9.94. The number of hydrogen-bond donors (Lipinski definition) is 2. The van der Waals surface area contributed by atoms with Crippen LogP contribution in [0.2, 0.25) is 0 Å². The summed E-state index contributed by atoms with van der Waals surface area (Å²) in [6.45, 7) is -0.0615. The summed E-state index contributed by atoms with van der Waals surface area (Å²) in [5.74, 6) is -2.25. The molecule has 2 aromatic rings. The van der Waals surface area contributed by atoms with E-state index < -0.39 is 29.7 Å². The van der Waals surface area contributed by atoms with Gasteiger partial charge >= 0.3 is 5.97 Å². The van der Waals surface area contributed by atoms with Crippen molar-refractivity contribution < 1.29 is 29.0 Å². The minimum atomic E-state index is -1.79. The third kappa shape index (κ3) is 3.74. The highest BCUT2D eigenvalue weighted by Crippen LogP contribution is 2.41. The minimum Gasteiger partial charge on any atom is -0.477 e. The molecule has 1 aromatic carbocycles. The molecule has 0 saturated carbocycles. The van der Waals surface area contributed by atoms with Crippen LogP contribution in [-0.4, -0.2) is 79.4 Å². The van der Waals surface area contributed by atoms with Gasteiger partial charge in [-0.15, -0.1) is 5.10 Å². The largest absolute Gasteiger partial charge is 0.477 e. The number of ether oxygens (including phenoxy) is 2. The van der Waals surface area contributed by atoms with Crippen LogP contribution in [0.3, 0.4) is 0 Å². The number of β-lactam (4-membered cyclic amide) rings is 1. The maximum Gasteiger partial charge on any atom is 0.352 e. The van der Waals surface area contributed by atoms with Gasteiger partial charge in [0.1, 0.15) is 5.70 Å². The second-order valence-electron chi connectivity index (χ2n) is 7.12. The fourth-order valence-electron chi connectivity index (χ4n) is 3.58. The fraction of sp³-hybridized carbons (Fsp3) is 0.368. The number of thioether (sulfide) groups is 1. The van der Waals surface area contributed by atoms with Crippen LogP contribution in [0, 0.1) is 0 Å². The molecule has 2 aliphatic heterocycles. The van der Waals surface area contributed by atoms with Gasteiger partial charge in [0.15, 0.2) is 6.23 Å². The van der Waals surface area contributed by atoms with E-state index >= 15 is 0 Å². The summed E-state index contributed by atoms with van der Waals surface area (Å²) < 4.78 is 12.6. The van der Waals surface area contributed by atoms with Crippen molar-refractivity contribution >= 4 is 29.5 Å². The number of carbonyl (C=O) groups excluding carboxylic acids is 2. The Kier molecular flexibility index (Phi) is 5.95. The number of nitrogens with one attached hydrogen (secondary N) is 1. The van der Waals surface area contributed by atoms with Gasteiger partial charge in [0.2, 0.25) is 11.1 Å². The molecule has 0 aliphatic carbocycles. The third-order valence-corrected chi connectivity index (χ3v) is 6.22. The van der Waals surface area contributed by atoms with Gasteiger partial charge in [-0.1, -0.05) is 42.1 Å². The highest BCUT2D eigenvalue weighted by atomic mass is 32.2. The lowest BCUT2D eigenvalue weighted by Crippen LogP contribution is -2.82. The Balaban J connectivity index is 1.52. The summed E-state index contributed by atoms with van der Waals surface area (Å²) in [6.07, 6.45) is -1.07. The molecular formula is C19H20N6O6S. The van der Waals surface area contributed by atoms with E-state index in [1.165, 1.54) is 23.6 Å². The van der Waals surface area contributed by atoms with E-state index in [0.717, 1.165) is 10.5 Å². The normalized spacial score (nSPS) is 22.4. The van der Waals surface area contributed by atoms with Crippen LogP contribution in [-0.2, 0) is 37.3 Å². The second kappa shape index (κ2) is 8.68. The third-order valence-electron chi connectivity index (χ3n) is 5.12. The minimum absolute atomic E-state index is 0.0290. The average molecular weight is 460 g/mol. The first-order chi connectivity index (χ1) is 15.4. The van der Waals surface area contributed by atoms with E-state index in [1.807, 2.05) is 6.07 Å². The lowest BCUT2D eigenvalue weighted by Gasteiger charge is -2.55. The van der Waals surface area contributed by atoms with Crippen molar-refractivity contribution in [3.63, 3.8) is 0 Å². The maximum absolute atomic E-state index is 13.0. The average Bonchev–Trinajstić information content (AvgIpc) is 3.20. The summed E-state index contributed by atoms with van der Waals surface area (Å²) in [4.78, 5) is 38.6. The molecule has 1 unspecified atom stereocenters. The van der Waals surface area contributed by atoms with E-state index in [2.05, 4.69) is 20.8 Å². The topological polar surface area (TPSA) is 149 Å². The molecule has 4 rings (SSSR count). The van der Waals surface area contributed by atoms with Crippen molar-refractivity contribution in [1.82, 2.24) is 30.4 Å². The number of methoxy groups -OCH3 is 1. The number of benzene rings is 1. The van der Waals surface area contributed by atoms with E-state index in [4.69, 9.17) is 9.47 Å². The maximum atomic E-state index is 13.0. The smallest absolute Gasteiger partial charge is 0.352 e. The number of carbonyl (C=O) groups is 3. The van der Waals surface area contributed by atoms with Gasteiger partial charge in [-0.25, -0.2) is 9.48 Å². The summed E-state index contributed by atoms with van der Waals surface area (Å²) in [5, 5.41) is 24.0. The zero-order valence-electron chi connectivity index (χ0n) is 17.2. The first-order valence-electron chi connectivity index (χ1n) is 9.53. The van der Waals surface area contributed by atoms with Crippen molar-refractivity contribution in [3.8, 4) is 0 Å². The zero-order valence-corrected chi connectivity index (χ0v) is 18.0. The van der Waals surface area contributed by atoms with Crippen LogP contribution in [0.15, 0.2) is 46.8 Å². The van der Waals surface area contributed by atoms with Gasteiger partial charge in [0, 0.05) is 19.9 Å². The Morgan fingerprint density at radius 2 is 2.12 bits per heavy atom. The van der Waals surface area contributed by atoms with Gasteiger partial charge in [0.05, 0.1) is 13.0 Å². The van der Waals surface area contributed by atoms with Crippen molar-refractivity contribution in [2.24, 2.45) is 7.05 Å². The van der Waals surface area contributed by atoms with Gasteiger partial charge < -0.3 is 19.9 Å². The molecule has 32 heavy (non-hydrogen) atoms. The van der Waals surface area contributed by atoms with Crippen LogP contribution >= 0.6 is 11.8 Å². The Hall–Kier alpha value is -3.29. The number of aromatic nitrogens is 4. The van der Waals surface area contributed by atoms with E-state index in [9.17, 15) is 19.5 Å². The molecule has 13 heteroatoms. The van der Waals surface area contributed by atoms with Gasteiger partial charge in [-0.05, 0) is 21.6 Å². The number of tetrazole rings is 1. The molecule has 1 saturated heterocycles. The molecule has 0 radical (unpaired) electrons. The van der Waals surface area contributed by atoms with Gasteiger partial charge in [-0.3, -0.25) is 14.5 Å². The zero-order chi connectivity index (χ0) is 22.9. The van der Waals surface area contributed by atoms with Crippen molar-refractivity contribution in [2.75, 3.05) is 19.5 Å². The van der Waals surface area contributed by atoms with Crippen LogP contribution in [0.5, 0.6) is 0 Å². The predicted octanol–water partition coefficient (Wildman–Crippen LogP) is -0.459. The molecule has 168 valence electrons. The molecule has 12 nitrogen and oxygen atoms in total. The number of fused-ring (bicyclic) bond motifs is 1. The number of carboxylic acid groups (broad SMARTS) is 1. The second-order valence-corrected chi connectivity index (χ2v) is 8.06. The predicted molar refractivity (Wildman–Crippen MR) is 109 cm³/mol. The molecule has 2 aliphatic rings. The highest BCUT2D eigenvalue weighted by Gasteiger charge is 2.67. The molecule has 2 N–H and O–H groups in total. The van der Waals surface area contributed by atoms with E-state index in [-0.39, 0.29) is 24.5 Å². The molecule has 2 amide bonds. The van der Waals surface area contributed by atoms with Crippen molar-refractivity contribution in [2.45, 2.75) is 23.5 Å². The van der Waals surface area contributed by atoms with Gasteiger partial charge in [0.25, 0.3) is 11.6 Å². The Bertz CT molecular complexity index is 1090. The first kappa shape index (κ1) is 21.9. The molecule has 1 fully saturated rings. The first-order valence-corrected chi connectivity index (χ1v) is 10.5. The van der Waals surface area contributed by atoms with Crippen LogP contribution in [0.4, 0.5) is 0 Å². The number of aryl methyl sites for hydroxylation is 1. The fourth-order valence-corrected chi connectivity index (χ4v) is 4.42. The Morgan fingerprint density at radius 3 is 2.75 bits per heavy atom. The highest BCUT2D eigenvalue weighted by molar-refractivity contribution is 7.99. The summed E-state index contributed by atoms with van der Waals surface area (Å²) in [5.41, 5.74) is -0.846. The summed E-state index contributed by atoms with van der Waals surface area (Å²) in [7, 11) is 2.92. The number of hydrogen-bond acceptors (Lipinski definition) is 9. The lowest BCUT2D eigenvalue weighted by molar-refractivity contribution is -0.258. The standard InChI is InChI=1S/C19H20N6O6S/c1-24-18(21-22-23-24)32-10-12-9-31-17-19(30-2,16(29)25(17)14(12)15(27)28)20-13(26)8-11-6-4-3-5-7-11/h3-7,17H,8-10H2,1-2H3,(H,20,26)(H,27,28)/t17?,19-/m0/s1. The van der Waals surface area contributed by atoms with Crippen molar-refractivity contribution in [1.29, 1.82) is 0 Å². The van der Waals surface area contributed by atoms with E-state index in [0.29, 0.717) is 10.7 Å². The molecule has 0 spiro atoms. The summed E-state index contributed by atoms with van der Waals surface area (Å²) >= 11 is 1.21. The number of amides is 2. The van der Waals surface area contributed by atoms with Crippen molar-refractivity contribution in [3.05, 3.63) is 47.2 Å². The number of rotatable bonds is 8. The number of nitrogens with zero attached hydrogens (tertiary/aromatic N) is 5. The van der Waals surface area contributed by atoms with Crippen LogP contribution < -0.4 is 5.32 Å². The SMILES string of the molecule is CO[C@@]1(NC(=O)Cc2ccccc2)C(=O)N2C(C(=O)O)=C(CSc3nnnn3C)COC21. The van der Waals surface area contributed by atoms with Gasteiger partial charge in [-0.2, -0.15) is 0 Å². The quantitative estimate of drug-likeness (QED) is 0.301. The molecule has 3 heterocycles. The van der Waals surface area contributed by atoms with Crippen LogP contribution in [0.1, 0.15) is 5.56 Å². The molecular weight excluding hydrogens is 440 g/mol. The molecule has 0 bridgehead atoms. The Labute approximate surface area is 186 Å².